The zero-order valence-electron chi connectivity index (χ0n) is 18.0. The molecule has 0 aromatic heterocycles. The van der Waals surface area contributed by atoms with E-state index in [1.54, 1.807) is 0 Å². The first-order chi connectivity index (χ1) is 14.8. The Morgan fingerprint density at radius 2 is 1.87 bits per heavy atom. The largest absolute Gasteiger partial charge is 0.344 e. The Balaban J connectivity index is 1.52. The van der Waals surface area contributed by atoms with Gasteiger partial charge in [-0.25, -0.2) is 5.01 Å². The second kappa shape index (κ2) is 8.34. The molecule has 31 heavy (non-hydrogen) atoms. The van der Waals surface area contributed by atoms with Gasteiger partial charge in [-0.2, -0.15) is 5.10 Å². The molecule has 3 amide bonds. The lowest BCUT2D eigenvalue weighted by atomic mass is 9.97. The minimum Gasteiger partial charge on any atom is -0.344 e. The molecule has 0 fully saturated rings. The molecule has 0 bridgehead atoms. The van der Waals surface area contributed by atoms with Gasteiger partial charge in [-0.05, 0) is 61.6 Å². The monoisotopic (exact) mass is 418 g/mol. The Kier molecular flexibility index (Phi) is 5.59. The van der Waals surface area contributed by atoms with Crippen molar-refractivity contribution < 1.29 is 14.4 Å². The number of fused-ring (bicyclic) bond motifs is 1. The van der Waals surface area contributed by atoms with Crippen LogP contribution < -0.4 is 15.6 Å². The van der Waals surface area contributed by atoms with Gasteiger partial charge < -0.3 is 10.6 Å². The van der Waals surface area contributed by atoms with E-state index in [4.69, 9.17) is 0 Å². The van der Waals surface area contributed by atoms with Crippen molar-refractivity contribution in [3.05, 3.63) is 58.7 Å². The van der Waals surface area contributed by atoms with Gasteiger partial charge in [0.15, 0.2) is 0 Å². The van der Waals surface area contributed by atoms with Gasteiger partial charge in [0.25, 0.3) is 5.91 Å². The lowest BCUT2D eigenvalue weighted by molar-refractivity contribution is -0.119. The van der Waals surface area contributed by atoms with Crippen LogP contribution in [0.5, 0.6) is 0 Å². The number of rotatable bonds is 4. The lowest BCUT2D eigenvalue weighted by Crippen LogP contribution is -2.40. The first-order valence-corrected chi connectivity index (χ1v) is 10.5. The molecule has 2 aromatic rings. The van der Waals surface area contributed by atoms with Crippen LogP contribution in [-0.2, 0) is 20.8 Å². The van der Waals surface area contributed by atoms with E-state index < -0.39 is 0 Å². The van der Waals surface area contributed by atoms with Gasteiger partial charge in [0.1, 0.15) is 5.71 Å². The molecule has 2 aliphatic heterocycles. The van der Waals surface area contributed by atoms with E-state index in [2.05, 4.69) is 15.7 Å². The fourth-order valence-electron chi connectivity index (χ4n) is 3.89. The van der Waals surface area contributed by atoms with Crippen molar-refractivity contribution in [2.75, 3.05) is 10.3 Å². The van der Waals surface area contributed by atoms with E-state index in [0.29, 0.717) is 30.7 Å². The summed E-state index contributed by atoms with van der Waals surface area (Å²) in [7, 11) is 0. The number of benzene rings is 2. The lowest BCUT2D eigenvalue weighted by Gasteiger charge is -2.25. The molecule has 160 valence electrons. The van der Waals surface area contributed by atoms with Crippen LogP contribution in [0.15, 0.2) is 41.5 Å². The van der Waals surface area contributed by atoms with E-state index in [9.17, 15) is 14.4 Å². The highest BCUT2D eigenvalue weighted by Gasteiger charge is 2.27. The van der Waals surface area contributed by atoms with E-state index in [1.165, 1.54) is 5.01 Å². The summed E-state index contributed by atoms with van der Waals surface area (Å²) in [6.45, 7) is 5.80. The fraction of sp³-hybridized carbons (Fsp3) is 0.333. The molecule has 2 aliphatic rings. The topological polar surface area (TPSA) is 90.9 Å². The predicted octanol–water partition coefficient (Wildman–Crippen LogP) is 3.55. The van der Waals surface area contributed by atoms with Gasteiger partial charge in [-0.1, -0.05) is 24.3 Å². The Hall–Kier alpha value is -3.48. The molecule has 1 atom stereocenters. The normalized spacial score (nSPS) is 16.9. The van der Waals surface area contributed by atoms with Crippen LogP contribution in [-0.4, -0.2) is 23.4 Å². The highest BCUT2D eigenvalue weighted by molar-refractivity contribution is 6.40. The van der Waals surface area contributed by atoms with Crippen LogP contribution in [0.2, 0.25) is 0 Å². The summed E-state index contributed by atoms with van der Waals surface area (Å²) in [6.07, 6.45) is 1.72. The van der Waals surface area contributed by atoms with E-state index in [0.717, 1.165) is 27.9 Å². The molecular weight excluding hydrogens is 392 g/mol. The van der Waals surface area contributed by atoms with Crippen LogP contribution in [0, 0.1) is 13.8 Å². The first kappa shape index (κ1) is 20.8. The number of carbonyl (C=O) groups is 3. The Morgan fingerprint density at radius 3 is 2.68 bits per heavy atom. The van der Waals surface area contributed by atoms with Crippen LogP contribution in [0.4, 0.5) is 11.4 Å². The number of carbonyl (C=O) groups excluding carboxylic acids is 3. The van der Waals surface area contributed by atoms with Gasteiger partial charge in [0.2, 0.25) is 11.8 Å². The number of hydrazone groups is 1. The number of nitrogens with one attached hydrogen (secondary N) is 2. The summed E-state index contributed by atoms with van der Waals surface area (Å²) in [6, 6.07) is 11.4. The quantitative estimate of drug-likeness (QED) is 0.796. The number of anilines is 2. The zero-order chi connectivity index (χ0) is 22.1. The first-order valence-electron chi connectivity index (χ1n) is 10.5. The highest BCUT2D eigenvalue weighted by atomic mass is 16.2. The fourth-order valence-corrected chi connectivity index (χ4v) is 3.89. The predicted molar refractivity (Wildman–Crippen MR) is 120 cm³/mol. The molecule has 7 nitrogen and oxygen atoms in total. The molecule has 0 saturated heterocycles. The minimum absolute atomic E-state index is 0.0276. The smallest absolute Gasteiger partial charge is 0.267 e. The number of aryl methyl sites for hydroxylation is 3. The summed E-state index contributed by atoms with van der Waals surface area (Å²) < 4.78 is 0. The van der Waals surface area contributed by atoms with Gasteiger partial charge in [-0.3, -0.25) is 14.4 Å². The molecular formula is C24H26N4O3. The van der Waals surface area contributed by atoms with E-state index in [1.807, 2.05) is 57.2 Å². The van der Waals surface area contributed by atoms with Crippen molar-refractivity contribution in [3.63, 3.8) is 0 Å². The van der Waals surface area contributed by atoms with Crippen LogP contribution >= 0.6 is 0 Å². The molecule has 4 rings (SSSR count). The van der Waals surface area contributed by atoms with E-state index in [-0.39, 0.29) is 30.2 Å². The standard InChI is InChI=1S/C24H26N4O3/c1-14-4-5-15(2)21(12-14)28-23(30)11-9-20(27-28)24(31)25-16(3)17-6-8-19-18(13-17)7-10-22(29)26-19/h4-6,8,12-13,16H,7,9-11H2,1-3H3,(H,25,31)(H,26,29)/t16-/m0/s1. The number of amides is 3. The molecule has 2 heterocycles. The second-order valence-corrected chi connectivity index (χ2v) is 8.20. The maximum absolute atomic E-state index is 12.9. The highest BCUT2D eigenvalue weighted by Crippen LogP contribution is 2.27. The van der Waals surface area contributed by atoms with Crippen LogP contribution in [0.1, 0.15) is 54.5 Å². The zero-order valence-corrected chi connectivity index (χ0v) is 18.0. The second-order valence-electron chi connectivity index (χ2n) is 8.20. The van der Waals surface area contributed by atoms with Gasteiger partial charge in [0.05, 0.1) is 11.7 Å². The van der Waals surface area contributed by atoms with Crippen molar-refractivity contribution in [2.45, 2.75) is 52.5 Å². The average Bonchev–Trinajstić information content (AvgIpc) is 2.75. The Bertz CT molecular complexity index is 1110. The van der Waals surface area contributed by atoms with Crippen molar-refractivity contribution in [2.24, 2.45) is 5.10 Å². The SMILES string of the molecule is Cc1ccc(C)c(N2N=C(C(=O)N[C@@H](C)c3ccc4c(c3)CCC(=O)N4)CCC2=O)c1. The van der Waals surface area contributed by atoms with Crippen molar-refractivity contribution in [3.8, 4) is 0 Å². The summed E-state index contributed by atoms with van der Waals surface area (Å²) in [5.74, 6) is -0.365. The van der Waals surface area contributed by atoms with Crippen molar-refractivity contribution in [1.82, 2.24) is 5.32 Å². The average molecular weight is 418 g/mol. The third kappa shape index (κ3) is 4.35. The third-order valence-corrected chi connectivity index (χ3v) is 5.76. The van der Waals surface area contributed by atoms with E-state index >= 15 is 0 Å². The summed E-state index contributed by atoms with van der Waals surface area (Å²) in [5, 5.41) is 11.6. The molecule has 0 radical (unpaired) electrons. The summed E-state index contributed by atoms with van der Waals surface area (Å²) >= 11 is 0. The van der Waals surface area contributed by atoms with Crippen molar-refractivity contribution in [1.29, 1.82) is 0 Å². The molecule has 0 unspecified atom stereocenters. The third-order valence-electron chi connectivity index (χ3n) is 5.76. The summed E-state index contributed by atoms with van der Waals surface area (Å²) in [5.41, 5.74) is 5.87. The molecule has 0 aliphatic carbocycles. The maximum atomic E-state index is 12.9. The van der Waals surface area contributed by atoms with Gasteiger partial charge in [0, 0.05) is 24.9 Å². The molecule has 0 spiro atoms. The van der Waals surface area contributed by atoms with Crippen LogP contribution in [0.3, 0.4) is 0 Å². The maximum Gasteiger partial charge on any atom is 0.267 e. The molecule has 2 aromatic carbocycles. The summed E-state index contributed by atoms with van der Waals surface area (Å²) in [4.78, 5) is 36.9. The van der Waals surface area contributed by atoms with Gasteiger partial charge in [-0.15, -0.1) is 0 Å². The Morgan fingerprint density at radius 1 is 1.06 bits per heavy atom. The number of nitrogens with zero attached hydrogens (tertiary/aromatic N) is 2. The molecule has 2 N–H and O–H groups in total. The molecule has 7 heteroatoms. The minimum atomic E-state index is -0.277. The number of hydrogen-bond donors (Lipinski definition) is 2. The number of hydrogen-bond acceptors (Lipinski definition) is 4. The molecule has 0 saturated carbocycles. The van der Waals surface area contributed by atoms with Gasteiger partial charge >= 0.3 is 0 Å². The van der Waals surface area contributed by atoms with Crippen LogP contribution in [0.25, 0.3) is 0 Å². The van der Waals surface area contributed by atoms with Crippen molar-refractivity contribution >= 4 is 34.8 Å². The Labute approximate surface area is 181 Å².